The number of rotatable bonds is 2. The fraction of sp³-hybridized carbons (Fsp3) is 0. The van der Waals surface area contributed by atoms with Gasteiger partial charge in [0.05, 0.1) is 15.7 Å². The molecule has 7 heteroatoms. The van der Waals surface area contributed by atoms with Gasteiger partial charge in [-0.1, -0.05) is 23.2 Å². The molecule has 0 fully saturated rings. The predicted octanol–water partition coefficient (Wildman–Crippen LogP) is 5.08. The Morgan fingerprint density at radius 2 is 1.70 bits per heavy atom. The Balaban J connectivity index is 2.07. The summed E-state index contributed by atoms with van der Waals surface area (Å²) in [5.41, 5.74) is 0.670. The summed E-state index contributed by atoms with van der Waals surface area (Å²) in [6, 6.07) is 8.01. The smallest absolute Gasteiger partial charge is 0.175 e. The van der Waals surface area contributed by atoms with E-state index in [2.05, 4.69) is 10.6 Å². The van der Waals surface area contributed by atoms with Crippen molar-refractivity contribution in [2.75, 3.05) is 10.6 Å². The zero-order chi connectivity index (χ0) is 14.7. The monoisotopic (exact) mass is 332 g/mol. The van der Waals surface area contributed by atoms with Gasteiger partial charge in [0.2, 0.25) is 0 Å². The fourth-order valence-electron chi connectivity index (χ4n) is 1.45. The minimum atomic E-state index is -0.733. The van der Waals surface area contributed by atoms with Crippen LogP contribution in [0, 0.1) is 11.6 Å². The number of benzene rings is 2. The summed E-state index contributed by atoms with van der Waals surface area (Å²) in [6.07, 6.45) is 0. The summed E-state index contributed by atoms with van der Waals surface area (Å²) in [4.78, 5) is 0. The Morgan fingerprint density at radius 3 is 2.35 bits per heavy atom. The molecule has 0 bridgehead atoms. The third-order valence-electron chi connectivity index (χ3n) is 2.36. The quantitative estimate of drug-likeness (QED) is 0.750. The van der Waals surface area contributed by atoms with Crippen LogP contribution in [0.2, 0.25) is 10.0 Å². The van der Waals surface area contributed by atoms with Crippen molar-refractivity contribution in [1.82, 2.24) is 0 Å². The number of hydrogen-bond donors (Lipinski definition) is 2. The molecule has 2 nitrogen and oxygen atoms in total. The van der Waals surface area contributed by atoms with Crippen LogP contribution in [0.15, 0.2) is 36.4 Å². The molecule has 0 saturated heterocycles. The molecule has 104 valence electrons. The third-order valence-corrected chi connectivity index (χ3v) is 3.30. The van der Waals surface area contributed by atoms with Gasteiger partial charge in [-0.2, -0.15) is 0 Å². The van der Waals surface area contributed by atoms with Crippen molar-refractivity contribution in [3.05, 3.63) is 58.1 Å². The van der Waals surface area contributed by atoms with Gasteiger partial charge in [0.1, 0.15) is 11.6 Å². The van der Waals surface area contributed by atoms with Gasteiger partial charge in [0.15, 0.2) is 5.11 Å². The van der Waals surface area contributed by atoms with Gasteiger partial charge < -0.3 is 10.6 Å². The highest BCUT2D eigenvalue weighted by molar-refractivity contribution is 7.80. The van der Waals surface area contributed by atoms with Crippen molar-refractivity contribution < 1.29 is 8.78 Å². The second-order valence-electron chi connectivity index (χ2n) is 3.83. The van der Waals surface area contributed by atoms with Crippen LogP contribution in [0.25, 0.3) is 0 Å². The maximum atomic E-state index is 13.4. The SMILES string of the molecule is Fc1ccc(NC(=S)Nc2ccc(Cl)c(Cl)c2)c(F)c1. The topological polar surface area (TPSA) is 24.1 Å². The van der Waals surface area contributed by atoms with Crippen LogP contribution in [0.3, 0.4) is 0 Å². The Bertz CT molecular complexity index is 665. The van der Waals surface area contributed by atoms with Gasteiger partial charge in [-0.3, -0.25) is 0 Å². The number of halogens is 4. The molecule has 0 amide bonds. The lowest BCUT2D eigenvalue weighted by atomic mass is 10.3. The molecule has 0 saturated carbocycles. The largest absolute Gasteiger partial charge is 0.332 e. The fourth-order valence-corrected chi connectivity index (χ4v) is 1.98. The lowest BCUT2D eigenvalue weighted by molar-refractivity contribution is 0.586. The van der Waals surface area contributed by atoms with E-state index >= 15 is 0 Å². The molecule has 0 atom stereocenters. The van der Waals surface area contributed by atoms with Crippen molar-refractivity contribution in [3.63, 3.8) is 0 Å². The molecule has 2 aromatic rings. The molecule has 2 aromatic carbocycles. The van der Waals surface area contributed by atoms with E-state index in [1.165, 1.54) is 6.07 Å². The lowest BCUT2D eigenvalue weighted by Gasteiger charge is -2.11. The van der Waals surface area contributed by atoms with Crippen molar-refractivity contribution in [2.24, 2.45) is 0 Å². The molecule has 0 aromatic heterocycles. The highest BCUT2D eigenvalue weighted by Gasteiger charge is 2.06. The number of anilines is 2. The summed E-state index contributed by atoms with van der Waals surface area (Å²) in [6.45, 7) is 0. The molecule has 0 spiro atoms. The van der Waals surface area contributed by atoms with Crippen LogP contribution in [0.5, 0.6) is 0 Å². The minimum Gasteiger partial charge on any atom is -0.332 e. The summed E-state index contributed by atoms with van der Waals surface area (Å²) < 4.78 is 26.2. The molecule has 0 unspecified atom stereocenters. The van der Waals surface area contributed by atoms with Gasteiger partial charge in [-0.25, -0.2) is 8.78 Å². The third kappa shape index (κ3) is 3.79. The van der Waals surface area contributed by atoms with E-state index in [1.54, 1.807) is 18.2 Å². The Hall–Kier alpha value is -1.43. The summed E-state index contributed by atoms with van der Waals surface area (Å²) in [5.74, 6) is -1.39. The van der Waals surface area contributed by atoms with E-state index in [1.807, 2.05) is 0 Å². The molecule has 20 heavy (non-hydrogen) atoms. The van der Waals surface area contributed by atoms with Crippen LogP contribution >= 0.6 is 35.4 Å². The molecule has 0 aliphatic heterocycles. The van der Waals surface area contributed by atoms with Gasteiger partial charge in [-0.05, 0) is 42.5 Å². The molecule has 0 aliphatic rings. The molecule has 2 rings (SSSR count). The summed E-state index contributed by atoms with van der Waals surface area (Å²) in [5, 5.41) is 6.37. The maximum Gasteiger partial charge on any atom is 0.175 e. The normalized spacial score (nSPS) is 10.2. The number of nitrogens with one attached hydrogen (secondary N) is 2. The van der Waals surface area contributed by atoms with Crippen LogP contribution in [-0.4, -0.2) is 5.11 Å². The number of thiocarbonyl (C=S) groups is 1. The van der Waals surface area contributed by atoms with Crippen LogP contribution in [0.4, 0.5) is 20.2 Å². The Kier molecular flexibility index (Phi) is 4.75. The van der Waals surface area contributed by atoms with E-state index in [0.29, 0.717) is 15.7 Å². The molecule has 0 heterocycles. The van der Waals surface area contributed by atoms with Crippen molar-refractivity contribution >= 4 is 51.9 Å². The average molecular weight is 333 g/mol. The minimum absolute atomic E-state index is 0.0731. The first-order valence-corrected chi connectivity index (χ1v) is 6.60. The van der Waals surface area contributed by atoms with Crippen LogP contribution < -0.4 is 10.6 Å². The zero-order valence-corrected chi connectivity index (χ0v) is 12.2. The second kappa shape index (κ2) is 6.35. The van der Waals surface area contributed by atoms with Gasteiger partial charge in [-0.15, -0.1) is 0 Å². The lowest BCUT2D eigenvalue weighted by Crippen LogP contribution is -2.19. The highest BCUT2D eigenvalue weighted by atomic mass is 35.5. The second-order valence-corrected chi connectivity index (χ2v) is 5.05. The number of hydrogen-bond acceptors (Lipinski definition) is 1. The molecular formula is C13H8Cl2F2N2S. The van der Waals surface area contributed by atoms with Crippen LogP contribution in [-0.2, 0) is 0 Å². The zero-order valence-electron chi connectivity index (χ0n) is 9.88. The standard InChI is InChI=1S/C13H8Cl2F2N2S/c14-9-3-2-8(6-10(9)15)18-13(20)19-12-4-1-7(16)5-11(12)17/h1-6H,(H2,18,19,20). The maximum absolute atomic E-state index is 13.4. The Morgan fingerprint density at radius 1 is 0.950 bits per heavy atom. The predicted molar refractivity (Wildman–Crippen MR) is 82.7 cm³/mol. The van der Waals surface area contributed by atoms with Crippen molar-refractivity contribution in [2.45, 2.75) is 0 Å². The van der Waals surface area contributed by atoms with Crippen molar-refractivity contribution in [3.8, 4) is 0 Å². The average Bonchev–Trinajstić information content (AvgIpc) is 2.37. The Labute approximate surface area is 129 Å². The van der Waals surface area contributed by atoms with Gasteiger partial charge >= 0.3 is 0 Å². The first kappa shape index (κ1) is 15.0. The van der Waals surface area contributed by atoms with Crippen LogP contribution in [0.1, 0.15) is 0 Å². The first-order valence-electron chi connectivity index (χ1n) is 5.44. The molecule has 2 N–H and O–H groups in total. The van der Waals surface area contributed by atoms with E-state index in [-0.39, 0.29) is 10.8 Å². The van der Waals surface area contributed by atoms with E-state index in [4.69, 9.17) is 35.4 Å². The highest BCUT2D eigenvalue weighted by Crippen LogP contribution is 2.25. The summed E-state index contributed by atoms with van der Waals surface area (Å²) in [7, 11) is 0. The van der Waals surface area contributed by atoms with Crippen molar-refractivity contribution in [1.29, 1.82) is 0 Å². The van der Waals surface area contributed by atoms with E-state index in [0.717, 1.165) is 12.1 Å². The van der Waals surface area contributed by atoms with E-state index in [9.17, 15) is 8.78 Å². The van der Waals surface area contributed by atoms with E-state index < -0.39 is 11.6 Å². The molecule has 0 radical (unpaired) electrons. The molecular weight excluding hydrogens is 325 g/mol. The molecule has 0 aliphatic carbocycles. The first-order chi connectivity index (χ1) is 9.45. The van der Waals surface area contributed by atoms with Gasteiger partial charge in [0.25, 0.3) is 0 Å². The van der Waals surface area contributed by atoms with Gasteiger partial charge in [0, 0.05) is 11.8 Å². The summed E-state index contributed by atoms with van der Waals surface area (Å²) >= 11 is 16.7.